The number of hydrogen-bond acceptors (Lipinski definition) is 8. The van der Waals surface area contributed by atoms with Crippen LogP contribution in [0.4, 0.5) is 17.5 Å². The zero-order valence-corrected chi connectivity index (χ0v) is 10.2. The van der Waals surface area contributed by atoms with Crippen LogP contribution in [0.25, 0.3) is 0 Å². The molecule has 0 aliphatic rings. The van der Waals surface area contributed by atoms with E-state index in [9.17, 15) is 10.1 Å². The number of nitrogen functional groups attached to an aromatic ring is 1. The first kappa shape index (κ1) is 14.1. The van der Waals surface area contributed by atoms with Crippen molar-refractivity contribution in [2.45, 2.75) is 26.3 Å². The molecular weight excluding hydrogens is 240 g/mol. The third-order valence-corrected chi connectivity index (χ3v) is 2.32. The zero-order chi connectivity index (χ0) is 13.7. The minimum Gasteiger partial charge on any atom is -0.396 e. The Morgan fingerprint density at radius 1 is 1.56 bits per heavy atom. The van der Waals surface area contributed by atoms with Gasteiger partial charge in [0.2, 0.25) is 11.8 Å². The van der Waals surface area contributed by atoms with E-state index < -0.39 is 4.92 Å². The van der Waals surface area contributed by atoms with Crippen LogP contribution in [-0.4, -0.2) is 32.6 Å². The van der Waals surface area contributed by atoms with Crippen LogP contribution in [-0.2, 0) is 0 Å². The van der Waals surface area contributed by atoms with E-state index in [2.05, 4.69) is 20.7 Å². The van der Waals surface area contributed by atoms with Crippen molar-refractivity contribution >= 4 is 17.5 Å². The number of nitrogens with one attached hydrogen (secondary N) is 2. The molecule has 0 spiro atoms. The molecule has 100 valence electrons. The van der Waals surface area contributed by atoms with E-state index in [0.29, 0.717) is 6.42 Å². The minimum atomic E-state index is -0.552. The van der Waals surface area contributed by atoms with E-state index in [1.807, 2.05) is 0 Å². The fourth-order valence-corrected chi connectivity index (χ4v) is 1.45. The highest BCUT2D eigenvalue weighted by Gasteiger charge is 2.22. The lowest BCUT2D eigenvalue weighted by Gasteiger charge is -2.14. The highest BCUT2D eigenvalue weighted by Crippen LogP contribution is 2.27. The van der Waals surface area contributed by atoms with Gasteiger partial charge >= 0.3 is 5.69 Å². The fraction of sp³-hybridized carbons (Fsp3) is 0.556. The van der Waals surface area contributed by atoms with Gasteiger partial charge in [-0.25, -0.2) is 10.8 Å². The molecule has 0 aromatic carbocycles. The minimum absolute atomic E-state index is 0.0198. The second kappa shape index (κ2) is 6.07. The molecule has 1 rings (SSSR count). The first-order valence-corrected chi connectivity index (χ1v) is 5.36. The van der Waals surface area contributed by atoms with Gasteiger partial charge in [0.05, 0.1) is 4.92 Å². The summed E-state index contributed by atoms with van der Waals surface area (Å²) < 4.78 is 0. The van der Waals surface area contributed by atoms with Gasteiger partial charge in [0, 0.05) is 12.6 Å². The number of aliphatic hydroxyl groups is 1. The highest BCUT2D eigenvalue weighted by molar-refractivity contribution is 5.61. The van der Waals surface area contributed by atoms with E-state index in [0.717, 1.165) is 0 Å². The monoisotopic (exact) mass is 256 g/mol. The number of nitro groups is 1. The average molecular weight is 256 g/mol. The highest BCUT2D eigenvalue weighted by atomic mass is 16.6. The first-order valence-electron chi connectivity index (χ1n) is 5.36. The molecule has 5 N–H and O–H groups in total. The van der Waals surface area contributed by atoms with Crippen molar-refractivity contribution in [2.24, 2.45) is 5.84 Å². The van der Waals surface area contributed by atoms with Crippen LogP contribution in [0, 0.1) is 17.0 Å². The molecule has 9 heteroatoms. The smallest absolute Gasteiger partial charge is 0.332 e. The maximum atomic E-state index is 11.0. The molecule has 1 aromatic rings. The van der Waals surface area contributed by atoms with E-state index in [1.54, 1.807) is 6.92 Å². The van der Waals surface area contributed by atoms with Crippen molar-refractivity contribution in [2.75, 3.05) is 17.3 Å². The van der Waals surface area contributed by atoms with Crippen LogP contribution in [0.15, 0.2) is 0 Å². The van der Waals surface area contributed by atoms with E-state index >= 15 is 0 Å². The predicted molar refractivity (Wildman–Crippen MR) is 66.0 cm³/mol. The summed E-state index contributed by atoms with van der Waals surface area (Å²) >= 11 is 0. The Morgan fingerprint density at radius 3 is 2.72 bits per heavy atom. The lowest BCUT2D eigenvalue weighted by atomic mass is 10.2. The van der Waals surface area contributed by atoms with Crippen molar-refractivity contribution in [3.63, 3.8) is 0 Å². The molecule has 18 heavy (non-hydrogen) atoms. The summed E-state index contributed by atoms with van der Waals surface area (Å²) in [4.78, 5) is 18.2. The van der Waals surface area contributed by atoms with Gasteiger partial charge in [-0.05, 0) is 20.3 Å². The average Bonchev–Trinajstić information content (AvgIpc) is 2.27. The number of aryl methyl sites for hydroxylation is 1. The maximum absolute atomic E-state index is 11.0. The van der Waals surface area contributed by atoms with Crippen LogP contribution >= 0.6 is 0 Å². The topological polar surface area (TPSA) is 139 Å². The third kappa shape index (κ3) is 3.25. The van der Waals surface area contributed by atoms with Gasteiger partial charge in [0.1, 0.15) is 5.69 Å². The zero-order valence-electron chi connectivity index (χ0n) is 10.2. The fourth-order valence-electron chi connectivity index (χ4n) is 1.45. The summed E-state index contributed by atoms with van der Waals surface area (Å²) in [5.41, 5.74) is 2.26. The Hall–Kier alpha value is -2.00. The van der Waals surface area contributed by atoms with Crippen molar-refractivity contribution in [3.05, 3.63) is 15.8 Å². The number of hydrazine groups is 1. The lowest BCUT2D eigenvalue weighted by Crippen LogP contribution is -2.20. The lowest BCUT2D eigenvalue weighted by molar-refractivity contribution is -0.385. The van der Waals surface area contributed by atoms with Gasteiger partial charge in [-0.1, -0.05) is 0 Å². The van der Waals surface area contributed by atoms with E-state index in [1.165, 1.54) is 6.92 Å². The SMILES string of the molecule is Cc1nc(NN)nc(NC(C)CCO)c1[N+](=O)[O-]. The second-order valence-electron chi connectivity index (χ2n) is 3.79. The Morgan fingerprint density at radius 2 is 2.22 bits per heavy atom. The van der Waals surface area contributed by atoms with Crippen molar-refractivity contribution in [1.29, 1.82) is 0 Å². The quantitative estimate of drug-likeness (QED) is 0.320. The molecule has 0 saturated heterocycles. The Bertz CT molecular complexity index is 439. The molecule has 0 saturated carbocycles. The van der Waals surface area contributed by atoms with Crippen molar-refractivity contribution in [1.82, 2.24) is 9.97 Å². The van der Waals surface area contributed by atoms with Crippen LogP contribution in [0.1, 0.15) is 19.0 Å². The number of anilines is 2. The molecule has 1 heterocycles. The molecule has 0 amide bonds. The summed E-state index contributed by atoms with van der Waals surface area (Å²) in [6.45, 7) is 3.27. The normalized spacial score (nSPS) is 12.0. The number of aliphatic hydroxyl groups excluding tert-OH is 1. The van der Waals surface area contributed by atoms with Crippen LogP contribution in [0.3, 0.4) is 0 Å². The molecule has 0 fully saturated rings. The van der Waals surface area contributed by atoms with E-state index in [-0.39, 0.29) is 35.8 Å². The standard InChI is InChI=1S/C9H16N6O3/c1-5(3-4-16)11-8-7(15(17)18)6(2)12-9(13-8)14-10/h5,16H,3-4,10H2,1-2H3,(H2,11,12,13,14). The number of hydrogen-bond donors (Lipinski definition) is 4. The summed E-state index contributed by atoms with van der Waals surface area (Å²) in [5.74, 6) is 5.37. The molecule has 0 radical (unpaired) electrons. The predicted octanol–water partition coefficient (Wildman–Crippen LogP) is 0.162. The van der Waals surface area contributed by atoms with E-state index in [4.69, 9.17) is 10.9 Å². The van der Waals surface area contributed by atoms with Crippen molar-refractivity contribution < 1.29 is 10.0 Å². The Kier molecular flexibility index (Phi) is 4.75. The largest absolute Gasteiger partial charge is 0.396 e. The van der Waals surface area contributed by atoms with Gasteiger partial charge in [0.25, 0.3) is 0 Å². The summed E-state index contributed by atoms with van der Waals surface area (Å²) in [7, 11) is 0. The van der Waals surface area contributed by atoms with Crippen molar-refractivity contribution in [3.8, 4) is 0 Å². The molecule has 1 unspecified atom stereocenters. The Labute approximate surface area is 104 Å². The molecule has 1 atom stereocenters. The van der Waals surface area contributed by atoms with Gasteiger partial charge < -0.3 is 10.4 Å². The molecule has 0 aliphatic carbocycles. The van der Waals surface area contributed by atoms with Crippen LogP contribution < -0.4 is 16.6 Å². The molecule has 0 aliphatic heterocycles. The van der Waals surface area contributed by atoms with Crippen LogP contribution in [0.5, 0.6) is 0 Å². The molecule has 1 aromatic heterocycles. The van der Waals surface area contributed by atoms with Crippen LogP contribution in [0.2, 0.25) is 0 Å². The number of nitrogens with zero attached hydrogens (tertiary/aromatic N) is 3. The molecule has 0 bridgehead atoms. The van der Waals surface area contributed by atoms with Gasteiger partial charge in [-0.2, -0.15) is 4.98 Å². The second-order valence-corrected chi connectivity index (χ2v) is 3.79. The Balaban J connectivity index is 3.13. The van der Waals surface area contributed by atoms with Gasteiger partial charge in [0.15, 0.2) is 0 Å². The number of aromatic nitrogens is 2. The molecule has 9 nitrogen and oxygen atoms in total. The molecular formula is C9H16N6O3. The maximum Gasteiger partial charge on any atom is 0.332 e. The number of rotatable bonds is 6. The first-order chi connectivity index (χ1) is 8.49. The number of nitrogens with two attached hydrogens (primary N) is 1. The van der Waals surface area contributed by atoms with Gasteiger partial charge in [-0.15, -0.1) is 0 Å². The summed E-state index contributed by atoms with van der Waals surface area (Å²) in [5, 5.41) is 22.6. The summed E-state index contributed by atoms with van der Waals surface area (Å²) in [6, 6.07) is -0.159. The summed E-state index contributed by atoms with van der Waals surface area (Å²) in [6.07, 6.45) is 0.450. The van der Waals surface area contributed by atoms with Gasteiger partial charge in [-0.3, -0.25) is 15.5 Å². The third-order valence-electron chi connectivity index (χ3n) is 2.32.